The average molecular weight is 368 g/mol. The molecular formula is C22H25NO2S. The van der Waals surface area contributed by atoms with Crippen molar-refractivity contribution in [2.45, 2.75) is 31.6 Å². The first-order valence-electron chi connectivity index (χ1n) is 8.84. The zero-order valence-electron chi connectivity index (χ0n) is 15.5. The molecule has 0 radical (unpaired) electrons. The van der Waals surface area contributed by atoms with Crippen LogP contribution in [0.4, 0.5) is 5.69 Å². The second kappa shape index (κ2) is 9.97. The van der Waals surface area contributed by atoms with Gasteiger partial charge in [-0.1, -0.05) is 32.1 Å². The van der Waals surface area contributed by atoms with Crippen molar-refractivity contribution in [3.63, 3.8) is 0 Å². The molecular weight excluding hydrogens is 342 g/mol. The molecule has 0 atom stereocenters. The van der Waals surface area contributed by atoms with Crippen molar-refractivity contribution >= 4 is 35.2 Å². The lowest BCUT2D eigenvalue weighted by Crippen LogP contribution is -2.21. The summed E-state index contributed by atoms with van der Waals surface area (Å²) in [5.74, 6) is -0.00351. The molecule has 0 spiro atoms. The van der Waals surface area contributed by atoms with E-state index < -0.39 is 0 Å². The number of carbonyl (C=O) groups excluding carboxylic acids is 2. The number of benzene rings is 2. The molecule has 4 heteroatoms. The van der Waals surface area contributed by atoms with Gasteiger partial charge in [0.05, 0.1) is 0 Å². The Morgan fingerprint density at radius 3 is 2.15 bits per heavy atom. The van der Waals surface area contributed by atoms with Crippen LogP contribution < -0.4 is 5.32 Å². The van der Waals surface area contributed by atoms with Crippen LogP contribution in [0.3, 0.4) is 0 Å². The Morgan fingerprint density at radius 2 is 1.62 bits per heavy atom. The van der Waals surface area contributed by atoms with Gasteiger partial charge in [-0.25, -0.2) is 0 Å². The van der Waals surface area contributed by atoms with Crippen LogP contribution >= 0.6 is 11.8 Å². The molecule has 136 valence electrons. The first-order chi connectivity index (χ1) is 12.6. The molecule has 0 aliphatic heterocycles. The summed E-state index contributed by atoms with van der Waals surface area (Å²) in [4.78, 5) is 25.6. The number of hydrogen-bond acceptors (Lipinski definition) is 3. The van der Waals surface area contributed by atoms with Gasteiger partial charge in [0.2, 0.25) is 5.91 Å². The van der Waals surface area contributed by atoms with Crippen molar-refractivity contribution < 1.29 is 9.59 Å². The van der Waals surface area contributed by atoms with E-state index in [0.717, 1.165) is 24.1 Å². The summed E-state index contributed by atoms with van der Waals surface area (Å²) in [6, 6.07) is 15.1. The molecule has 1 amide bonds. The van der Waals surface area contributed by atoms with Crippen molar-refractivity contribution in [1.29, 1.82) is 0 Å². The fourth-order valence-corrected chi connectivity index (χ4v) is 3.01. The lowest BCUT2D eigenvalue weighted by atomic mass is 10.0. The maximum Gasteiger partial charge on any atom is 0.227 e. The van der Waals surface area contributed by atoms with Crippen LogP contribution in [0.1, 0.15) is 42.6 Å². The lowest BCUT2D eigenvalue weighted by Gasteiger charge is -2.12. The summed E-state index contributed by atoms with van der Waals surface area (Å²) in [7, 11) is 0. The van der Waals surface area contributed by atoms with Gasteiger partial charge in [0, 0.05) is 22.1 Å². The van der Waals surface area contributed by atoms with E-state index in [-0.39, 0.29) is 17.6 Å². The summed E-state index contributed by atoms with van der Waals surface area (Å²) in [5, 5.41) is 2.91. The quantitative estimate of drug-likeness (QED) is 0.371. The molecule has 2 rings (SSSR count). The molecule has 1 N–H and O–H groups in total. The Labute approximate surface area is 159 Å². The number of thioether (sulfide) groups is 1. The first-order valence-corrected chi connectivity index (χ1v) is 10.1. The van der Waals surface area contributed by atoms with Crippen molar-refractivity contribution in [2.24, 2.45) is 5.92 Å². The van der Waals surface area contributed by atoms with Crippen LogP contribution in [0.25, 0.3) is 6.08 Å². The van der Waals surface area contributed by atoms with Crippen LogP contribution in [0.5, 0.6) is 0 Å². The minimum absolute atomic E-state index is 0.0248. The van der Waals surface area contributed by atoms with E-state index in [1.54, 1.807) is 42.1 Å². The topological polar surface area (TPSA) is 46.2 Å². The fraction of sp³-hybridized carbons (Fsp3) is 0.273. The molecule has 3 nitrogen and oxygen atoms in total. The third-order valence-electron chi connectivity index (χ3n) is 4.34. The number of ketones is 1. The Hall–Kier alpha value is -2.33. The van der Waals surface area contributed by atoms with Crippen LogP contribution in [-0.2, 0) is 4.79 Å². The third-order valence-corrected chi connectivity index (χ3v) is 5.08. The van der Waals surface area contributed by atoms with Gasteiger partial charge in [-0.15, -0.1) is 11.8 Å². The maximum absolute atomic E-state index is 12.3. The number of nitrogens with one attached hydrogen (secondary N) is 1. The molecule has 26 heavy (non-hydrogen) atoms. The normalized spacial score (nSPS) is 11.1. The molecule has 0 unspecified atom stereocenters. The Morgan fingerprint density at radius 1 is 1.00 bits per heavy atom. The molecule has 0 heterocycles. The number of rotatable bonds is 8. The lowest BCUT2D eigenvalue weighted by molar-refractivity contribution is -0.120. The Balaban J connectivity index is 1.99. The number of hydrogen-bond donors (Lipinski definition) is 1. The van der Waals surface area contributed by atoms with Gasteiger partial charge < -0.3 is 5.32 Å². The minimum Gasteiger partial charge on any atom is -0.326 e. The maximum atomic E-state index is 12.3. The van der Waals surface area contributed by atoms with E-state index in [0.29, 0.717) is 5.56 Å². The van der Waals surface area contributed by atoms with Gasteiger partial charge in [-0.2, -0.15) is 0 Å². The highest BCUT2D eigenvalue weighted by Gasteiger charge is 2.14. The first kappa shape index (κ1) is 20.0. The van der Waals surface area contributed by atoms with Crippen molar-refractivity contribution in [3.05, 3.63) is 65.7 Å². The van der Waals surface area contributed by atoms with Gasteiger partial charge >= 0.3 is 0 Å². The van der Waals surface area contributed by atoms with Crippen LogP contribution in [-0.4, -0.2) is 17.9 Å². The average Bonchev–Trinajstić information content (AvgIpc) is 2.68. The molecule has 0 aliphatic carbocycles. The van der Waals surface area contributed by atoms with E-state index >= 15 is 0 Å². The Bertz CT molecular complexity index is 760. The summed E-state index contributed by atoms with van der Waals surface area (Å²) in [6.45, 7) is 4.02. The zero-order chi connectivity index (χ0) is 18.9. The second-order valence-corrected chi connectivity index (χ2v) is 6.93. The molecule has 0 bridgehead atoms. The molecule has 0 aromatic heterocycles. The largest absolute Gasteiger partial charge is 0.326 e. The highest BCUT2D eigenvalue weighted by atomic mass is 32.2. The predicted octanol–water partition coefficient (Wildman–Crippen LogP) is 5.68. The molecule has 0 aliphatic rings. The summed E-state index contributed by atoms with van der Waals surface area (Å²) < 4.78 is 0. The van der Waals surface area contributed by atoms with Gasteiger partial charge in [0.25, 0.3) is 0 Å². The van der Waals surface area contributed by atoms with Gasteiger partial charge in [-0.05, 0) is 67.1 Å². The summed E-state index contributed by atoms with van der Waals surface area (Å²) in [6.07, 6.45) is 7.06. The molecule has 0 fully saturated rings. The van der Waals surface area contributed by atoms with Crippen molar-refractivity contribution in [2.75, 3.05) is 11.6 Å². The van der Waals surface area contributed by atoms with Crippen LogP contribution in [0.2, 0.25) is 0 Å². The monoisotopic (exact) mass is 367 g/mol. The SMILES string of the molecule is CCC(CC)C(=O)Nc1ccc(C(=O)C=Cc2ccc(SC)cc2)cc1. The van der Waals surface area contributed by atoms with Gasteiger partial charge in [0.1, 0.15) is 0 Å². The van der Waals surface area contributed by atoms with Gasteiger partial charge in [0.15, 0.2) is 5.78 Å². The van der Waals surface area contributed by atoms with Crippen LogP contribution in [0, 0.1) is 5.92 Å². The second-order valence-electron chi connectivity index (χ2n) is 6.05. The Kier molecular flexibility index (Phi) is 7.67. The smallest absolute Gasteiger partial charge is 0.227 e. The van der Waals surface area contributed by atoms with E-state index in [1.165, 1.54) is 4.90 Å². The number of allylic oxidation sites excluding steroid dienone is 1. The van der Waals surface area contributed by atoms with E-state index in [9.17, 15) is 9.59 Å². The van der Waals surface area contributed by atoms with Crippen molar-refractivity contribution in [3.8, 4) is 0 Å². The third kappa shape index (κ3) is 5.60. The number of amides is 1. The van der Waals surface area contributed by atoms with E-state index in [4.69, 9.17) is 0 Å². The van der Waals surface area contributed by atoms with Crippen molar-refractivity contribution in [1.82, 2.24) is 0 Å². The molecule has 0 saturated carbocycles. The summed E-state index contributed by atoms with van der Waals surface area (Å²) >= 11 is 1.69. The van der Waals surface area contributed by atoms with Crippen LogP contribution in [0.15, 0.2) is 59.5 Å². The number of anilines is 1. The van der Waals surface area contributed by atoms with Gasteiger partial charge in [-0.3, -0.25) is 9.59 Å². The predicted molar refractivity (Wildman–Crippen MR) is 111 cm³/mol. The minimum atomic E-state index is -0.0585. The molecule has 2 aromatic rings. The standard InChI is InChI=1S/C22H25NO2S/c1-4-17(5-2)22(25)23-19-11-9-18(10-12-19)21(24)15-8-16-6-13-20(26-3)14-7-16/h6-15,17H,4-5H2,1-3H3,(H,23,25). The van der Waals surface area contributed by atoms with E-state index in [1.807, 2.05) is 50.4 Å². The molecule has 0 saturated heterocycles. The van der Waals surface area contributed by atoms with E-state index in [2.05, 4.69) is 5.32 Å². The zero-order valence-corrected chi connectivity index (χ0v) is 16.3. The highest BCUT2D eigenvalue weighted by Crippen LogP contribution is 2.17. The summed E-state index contributed by atoms with van der Waals surface area (Å²) in [5.41, 5.74) is 2.31. The molecule has 2 aromatic carbocycles. The fourth-order valence-electron chi connectivity index (χ4n) is 2.60. The highest BCUT2D eigenvalue weighted by molar-refractivity contribution is 7.98. The number of carbonyl (C=O) groups is 2.